The Bertz CT molecular complexity index is 408. The summed E-state index contributed by atoms with van der Waals surface area (Å²) in [5, 5.41) is 14.0. The molecule has 0 unspecified atom stereocenters. The third-order valence-corrected chi connectivity index (χ3v) is 2.50. The number of anilines is 1. The van der Waals surface area contributed by atoms with Crippen LogP contribution in [0.25, 0.3) is 0 Å². The summed E-state index contributed by atoms with van der Waals surface area (Å²) in [7, 11) is 5.53. The number of benzene rings is 1. The van der Waals surface area contributed by atoms with Crippen LogP contribution in [0.4, 0.5) is 11.4 Å². The summed E-state index contributed by atoms with van der Waals surface area (Å²) in [5.41, 5.74) is 0.568. The van der Waals surface area contributed by atoms with Gasteiger partial charge in [0.2, 0.25) is 0 Å². The SMILES string of the molecule is COc1ccc([N+](=O)[O-])c(NCCCN(C)C)c1. The van der Waals surface area contributed by atoms with E-state index >= 15 is 0 Å². The maximum Gasteiger partial charge on any atom is 0.292 e. The summed E-state index contributed by atoms with van der Waals surface area (Å²) in [5.74, 6) is 0.607. The first-order valence-corrected chi connectivity index (χ1v) is 5.75. The van der Waals surface area contributed by atoms with Gasteiger partial charge in [0.25, 0.3) is 5.69 Å². The van der Waals surface area contributed by atoms with E-state index in [1.54, 1.807) is 12.1 Å². The zero-order valence-electron chi connectivity index (χ0n) is 11.0. The van der Waals surface area contributed by atoms with E-state index in [1.807, 2.05) is 14.1 Å². The van der Waals surface area contributed by atoms with Crippen molar-refractivity contribution in [2.24, 2.45) is 0 Å². The Kier molecular flexibility index (Phi) is 5.38. The number of rotatable bonds is 7. The molecule has 0 heterocycles. The van der Waals surface area contributed by atoms with E-state index in [9.17, 15) is 10.1 Å². The van der Waals surface area contributed by atoms with Gasteiger partial charge in [0.05, 0.1) is 12.0 Å². The number of ether oxygens (including phenoxy) is 1. The number of hydrogen-bond acceptors (Lipinski definition) is 5. The molecule has 0 amide bonds. The van der Waals surface area contributed by atoms with Crippen LogP contribution < -0.4 is 10.1 Å². The van der Waals surface area contributed by atoms with Gasteiger partial charge in [-0.1, -0.05) is 0 Å². The Balaban J connectivity index is 2.69. The van der Waals surface area contributed by atoms with Crippen molar-refractivity contribution in [1.29, 1.82) is 0 Å². The minimum absolute atomic E-state index is 0.0700. The van der Waals surface area contributed by atoms with Crippen molar-refractivity contribution < 1.29 is 9.66 Å². The molecule has 0 aliphatic carbocycles. The van der Waals surface area contributed by atoms with Crippen LogP contribution in [0.15, 0.2) is 18.2 Å². The van der Waals surface area contributed by atoms with Gasteiger partial charge in [0.1, 0.15) is 11.4 Å². The molecule has 1 N–H and O–H groups in total. The van der Waals surface area contributed by atoms with Gasteiger partial charge in [-0.05, 0) is 33.1 Å². The molecule has 0 atom stereocenters. The lowest BCUT2D eigenvalue weighted by molar-refractivity contribution is -0.384. The molecule has 100 valence electrons. The van der Waals surface area contributed by atoms with Crippen LogP contribution in [0.3, 0.4) is 0 Å². The number of nitro benzene ring substituents is 1. The maximum absolute atomic E-state index is 10.9. The Morgan fingerprint density at radius 3 is 2.72 bits per heavy atom. The van der Waals surface area contributed by atoms with Crippen molar-refractivity contribution in [1.82, 2.24) is 4.90 Å². The average molecular weight is 253 g/mol. The van der Waals surface area contributed by atoms with Crippen molar-refractivity contribution in [3.05, 3.63) is 28.3 Å². The third-order valence-electron chi connectivity index (χ3n) is 2.50. The Hall–Kier alpha value is -1.82. The lowest BCUT2D eigenvalue weighted by atomic mass is 10.2. The van der Waals surface area contributed by atoms with Crippen LogP contribution in [-0.2, 0) is 0 Å². The van der Waals surface area contributed by atoms with E-state index in [0.717, 1.165) is 13.0 Å². The van der Waals surface area contributed by atoms with Crippen LogP contribution in [0.1, 0.15) is 6.42 Å². The van der Waals surface area contributed by atoms with Gasteiger partial charge in [-0.2, -0.15) is 0 Å². The minimum Gasteiger partial charge on any atom is -0.497 e. The Labute approximate surface area is 107 Å². The number of hydrogen-bond donors (Lipinski definition) is 1. The van der Waals surface area contributed by atoms with Gasteiger partial charge in [-0.25, -0.2) is 0 Å². The number of nitrogens with zero attached hydrogens (tertiary/aromatic N) is 2. The second-order valence-electron chi connectivity index (χ2n) is 4.22. The topological polar surface area (TPSA) is 67.6 Å². The van der Waals surface area contributed by atoms with E-state index in [4.69, 9.17) is 4.74 Å². The van der Waals surface area contributed by atoms with Gasteiger partial charge in [-0.3, -0.25) is 10.1 Å². The molecule has 1 rings (SSSR count). The standard InChI is InChI=1S/C12H19N3O3/c1-14(2)8-4-7-13-11-9-10(18-3)5-6-12(11)15(16)17/h5-6,9,13H,4,7-8H2,1-3H3. The molecule has 6 nitrogen and oxygen atoms in total. The predicted octanol–water partition coefficient (Wildman–Crippen LogP) is 1.97. The fraction of sp³-hybridized carbons (Fsp3) is 0.500. The number of methoxy groups -OCH3 is 1. The molecule has 0 fully saturated rings. The summed E-state index contributed by atoms with van der Waals surface area (Å²) in [6.07, 6.45) is 0.918. The van der Waals surface area contributed by atoms with Crippen molar-refractivity contribution in [2.75, 3.05) is 39.6 Å². The molecule has 1 aromatic rings. The molecule has 0 aliphatic heterocycles. The molecule has 0 aromatic heterocycles. The summed E-state index contributed by atoms with van der Waals surface area (Å²) in [6, 6.07) is 4.68. The van der Waals surface area contributed by atoms with Crippen LogP contribution in [0, 0.1) is 10.1 Å². The highest BCUT2D eigenvalue weighted by Gasteiger charge is 2.13. The van der Waals surface area contributed by atoms with Crippen molar-refractivity contribution in [2.45, 2.75) is 6.42 Å². The zero-order chi connectivity index (χ0) is 13.5. The van der Waals surface area contributed by atoms with Gasteiger partial charge in [0.15, 0.2) is 0 Å². The second kappa shape index (κ2) is 6.80. The number of nitrogens with one attached hydrogen (secondary N) is 1. The van der Waals surface area contributed by atoms with Gasteiger partial charge in [-0.15, -0.1) is 0 Å². The molecule has 0 saturated heterocycles. The highest BCUT2D eigenvalue weighted by Crippen LogP contribution is 2.28. The first-order chi connectivity index (χ1) is 8.54. The zero-order valence-corrected chi connectivity index (χ0v) is 11.0. The maximum atomic E-state index is 10.9. The summed E-state index contributed by atoms with van der Waals surface area (Å²) < 4.78 is 5.06. The fourth-order valence-corrected chi connectivity index (χ4v) is 1.56. The highest BCUT2D eigenvalue weighted by atomic mass is 16.6. The van der Waals surface area contributed by atoms with Gasteiger partial charge >= 0.3 is 0 Å². The van der Waals surface area contributed by atoms with Crippen LogP contribution >= 0.6 is 0 Å². The van der Waals surface area contributed by atoms with Crippen LogP contribution in [0.5, 0.6) is 5.75 Å². The quantitative estimate of drug-likeness (QED) is 0.457. The molecular weight excluding hydrogens is 234 g/mol. The lowest BCUT2D eigenvalue weighted by Gasteiger charge is -2.11. The van der Waals surface area contributed by atoms with E-state index in [0.29, 0.717) is 18.0 Å². The monoisotopic (exact) mass is 253 g/mol. The van der Waals surface area contributed by atoms with Gasteiger partial charge in [0, 0.05) is 18.7 Å². The highest BCUT2D eigenvalue weighted by molar-refractivity contribution is 5.64. The molecule has 0 bridgehead atoms. The van der Waals surface area contributed by atoms with Crippen LogP contribution in [-0.4, -0.2) is 44.1 Å². The normalized spacial score (nSPS) is 10.4. The molecule has 6 heteroatoms. The van der Waals surface area contributed by atoms with E-state index < -0.39 is 4.92 Å². The van der Waals surface area contributed by atoms with Gasteiger partial charge < -0.3 is 15.0 Å². The van der Waals surface area contributed by atoms with E-state index in [2.05, 4.69) is 10.2 Å². The summed E-state index contributed by atoms with van der Waals surface area (Å²) >= 11 is 0. The largest absolute Gasteiger partial charge is 0.497 e. The van der Waals surface area contributed by atoms with E-state index in [1.165, 1.54) is 13.2 Å². The molecular formula is C12H19N3O3. The first-order valence-electron chi connectivity index (χ1n) is 5.75. The van der Waals surface area contributed by atoms with E-state index in [-0.39, 0.29) is 5.69 Å². The lowest BCUT2D eigenvalue weighted by Crippen LogP contribution is -2.16. The predicted molar refractivity (Wildman–Crippen MR) is 71.3 cm³/mol. The summed E-state index contributed by atoms with van der Waals surface area (Å²) in [6.45, 7) is 1.62. The molecule has 18 heavy (non-hydrogen) atoms. The van der Waals surface area contributed by atoms with Crippen molar-refractivity contribution in [3.63, 3.8) is 0 Å². The third kappa shape index (κ3) is 4.21. The summed E-state index contributed by atoms with van der Waals surface area (Å²) in [4.78, 5) is 12.6. The fourth-order valence-electron chi connectivity index (χ4n) is 1.56. The van der Waals surface area contributed by atoms with Crippen LogP contribution in [0.2, 0.25) is 0 Å². The number of nitro groups is 1. The van der Waals surface area contributed by atoms with Crippen molar-refractivity contribution in [3.8, 4) is 5.75 Å². The second-order valence-corrected chi connectivity index (χ2v) is 4.22. The average Bonchev–Trinajstić information content (AvgIpc) is 2.33. The molecule has 0 aliphatic rings. The molecule has 1 aromatic carbocycles. The first kappa shape index (κ1) is 14.2. The molecule has 0 saturated carbocycles. The molecule has 0 spiro atoms. The van der Waals surface area contributed by atoms with Crippen molar-refractivity contribution >= 4 is 11.4 Å². The Morgan fingerprint density at radius 2 is 2.17 bits per heavy atom. The molecule has 0 radical (unpaired) electrons. The minimum atomic E-state index is -0.395. The Morgan fingerprint density at radius 1 is 1.44 bits per heavy atom. The smallest absolute Gasteiger partial charge is 0.292 e.